The van der Waals surface area contributed by atoms with Crippen LogP contribution in [0.3, 0.4) is 0 Å². The van der Waals surface area contributed by atoms with E-state index in [1.807, 2.05) is 6.07 Å². The molecule has 0 unspecified atom stereocenters. The summed E-state index contributed by atoms with van der Waals surface area (Å²) in [4.78, 5) is 14.8. The fourth-order valence-corrected chi connectivity index (χ4v) is 1.80. The Balaban J connectivity index is 1.85. The van der Waals surface area contributed by atoms with Gasteiger partial charge >= 0.3 is 0 Å². The molecule has 0 saturated heterocycles. The van der Waals surface area contributed by atoms with Gasteiger partial charge in [-0.2, -0.15) is 9.78 Å². The number of carbonyl (C=O) groups is 1. The number of pyridine rings is 1. The highest BCUT2D eigenvalue weighted by Crippen LogP contribution is 2.25. The van der Waals surface area contributed by atoms with E-state index in [0.29, 0.717) is 23.4 Å². The van der Waals surface area contributed by atoms with Crippen LogP contribution in [0.1, 0.15) is 29.6 Å². The summed E-state index contributed by atoms with van der Waals surface area (Å²) in [6.07, 6.45) is 7.71. The van der Waals surface area contributed by atoms with Crippen LogP contribution in [0.4, 0.5) is 0 Å². The molecule has 18 heavy (non-hydrogen) atoms. The van der Waals surface area contributed by atoms with Crippen LogP contribution in [0.5, 0.6) is 5.88 Å². The van der Waals surface area contributed by atoms with Crippen LogP contribution in [0.15, 0.2) is 30.6 Å². The molecule has 0 N–H and O–H groups in total. The summed E-state index contributed by atoms with van der Waals surface area (Å²) in [7, 11) is 0. The minimum absolute atomic E-state index is 0.301. The lowest BCUT2D eigenvalue weighted by atomic mass is 9.96. The van der Waals surface area contributed by atoms with Crippen LogP contribution < -0.4 is 4.74 Å². The van der Waals surface area contributed by atoms with Crippen LogP contribution >= 0.6 is 0 Å². The van der Waals surface area contributed by atoms with Crippen molar-refractivity contribution in [2.45, 2.75) is 25.4 Å². The molecular weight excluding hydrogens is 230 g/mol. The molecule has 92 valence electrons. The van der Waals surface area contributed by atoms with Gasteiger partial charge in [-0.1, -0.05) is 0 Å². The van der Waals surface area contributed by atoms with Gasteiger partial charge in [0.2, 0.25) is 5.88 Å². The van der Waals surface area contributed by atoms with E-state index in [0.717, 1.165) is 19.1 Å². The van der Waals surface area contributed by atoms with Gasteiger partial charge in [0.05, 0.1) is 6.20 Å². The van der Waals surface area contributed by atoms with E-state index >= 15 is 0 Å². The SMILES string of the molecule is O=Cc1ccc(-n2nccc2OC2CCC2)nc1. The number of hydrogen-bond acceptors (Lipinski definition) is 4. The van der Waals surface area contributed by atoms with Crippen molar-refractivity contribution in [3.63, 3.8) is 0 Å². The predicted octanol–water partition coefficient (Wildman–Crippen LogP) is 2.01. The third-order valence-corrected chi connectivity index (χ3v) is 3.07. The van der Waals surface area contributed by atoms with Gasteiger partial charge in [0.25, 0.3) is 0 Å². The fourth-order valence-electron chi connectivity index (χ4n) is 1.80. The number of aromatic nitrogens is 3. The molecule has 0 radical (unpaired) electrons. The largest absolute Gasteiger partial charge is 0.474 e. The normalized spacial score (nSPS) is 15.1. The van der Waals surface area contributed by atoms with Gasteiger partial charge in [0.1, 0.15) is 6.10 Å². The lowest BCUT2D eigenvalue weighted by Gasteiger charge is -2.26. The zero-order valence-corrected chi connectivity index (χ0v) is 9.82. The molecule has 0 atom stereocenters. The van der Waals surface area contributed by atoms with Gasteiger partial charge in [-0.15, -0.1) is 0 Å². The van der Waals surface area contributed by atoms with Crippen LogP contribution in [0, 0.1) is 0 Å². The maximum Gasteiger partial charge on any atom is 0.218 e. The summed E-state index contributed by atoms with van der Waals surface area (Å²) in [6, 6.07) is 5.29. The third kappa shape index (κ3) is 1.99. The Morgan fingerprint density at radius 3 is 2.83 bits per heavy atom. The molecule has 0 bridgehead atoms. The molecule has 5 nitrogen and oxygen atoms in total. The van der Waals surface area contributed by atoms with Crippen molar-refractivity contribution in [3.05, 3.63) is 36.2 Å². The minimum atomic E-state index is 0.301. The van der Waals surface area contributed by atoms with E-state index in [9.17, 15) is 4.79 Å². The molecule has 2 heterocycles. The van der Waals surface area contributed by atoms with Crippen LogP contribution in [0.25, 0.3) is 5.82 Å². The Kier molecular flexibility index (Phi) is 2.80. The zero-order chi connectivity index (χ0) is 12.4. The monoisotopic (exact) mass is 243 g/mol. The Bertz CT molecular complexity index is 544. The molecule has 0 aromatic carbocycles. The fraction of sp³-hybridized carbons (Fsp3) is 0.308. The van der Waals surface area contributed by atoms with E-state index < -0.39 is 0 Å². The first-order chi connectivity index (χ1) is 8.86. The first-order valence-corrected chi connectivity index (χ1v) is 5.99. The van der Waals surface area contributed by atoms with Crippen LogP contribution in [0.2, 0.25) is 0 Å². The summed E-state index contributed by atoms with van der Waals surface area (Å²) in [6.45, 7) is 0. The summed E-state index contributed by atoms with van der Waals surface area (Å²) < 4.78 is 7.47. The summed E-state index contributed by atoms with van der Waals surface area (Å²) >= 11 is 0. The van der Waals surface area contributed by atoms with E-state index in [4.69, 9.17) is 4.74 Å². The molecule has 0 spiro atoms. The second kappa shape index (κ2) is 4.60. The topological polar surface area (TPSA) is 57.0 Å². The van der Waals surface area contributed by atoms with Crippen molar-refractivity contribution >= 4 is 6.29 Å². The van der Waals surface area contributed by atoms with Gasteiger partial charge in [-0.25, -0.2) is 4.98 Å². The van der Waals surface area contributed by atoms with Crippen molar-refractivity contribution in [3.8, 4) is 11.7 Å². The Hall–Kier alpha value is -2.17. The molecule has 3 rings (SSSR count). The standard InChI is InChI=1S/C13H13N3O2/c17-9-10-4-5-12(14-8-10)16-13(6-7-15-16)18-11-2-1-3-11/h4-9,11H,1-3H2. The maximum absolute atomic E-state index is 10.6. The van der Waals surface area contributed by atoms with E-state index in [1.54, 1.807) is 23.0 Å². The minimum Gasteiger partial charge on any atom is -0.474 e. The van der Waals surface area contributed by atoms with Gasteiger partial charge < -0.3 is 4.74 Å². The summed E-state index contributed by atoms with van der Waals surface area (Å²) in [5.41, 5.74) is 0.548. The number of hydrogen-bond donors (Lipinski definition) is 0. The average Bonchev–Trinajstić information content (AvgIpc) is 2.82. The molecule has 2 aromatic heterocycles. The molecule has 1 fully saturated rings. The Morgan fingerprint density at radius 1 is 1.33 bits per heavy atom. The molecule has 1 aliphatic carbocycles. The second-order valence-electron chi connectivity index (χ2n) is 4.32. The van der Waals surface area contributed by atoms with Gasteiger partial charge in [0.15, 0.2) is 12.1 Å². The van der Waals surface area contributed by atoms with E-state index in [-0.39, 0.29) is 0 Å². The predicted molar refractivity (Wildman–Crippen MR) is 65.0 cm³/mol. The number of rotatable bonds is 4. The van der Waals surface area contributed by atoms with Gasteiger partial charge in [-0.05, 0) is 31.4 Å². The Morgan fingerprint density at radius 2 is 2.22 bits per heavy atom. The van der Waals surface area contributed by atoms with Crippen molar-refractivity contribution < 1.29 is 9.53 Å². The average molecular weight is 243 g/mol. The number of aldehydes is 1. The number of nitrogens with zero attached hydrogens (tertiary/aromatic N) is 3. The highest BCUT2D eigenvalue weighted by Gasteiger charge is 2.21. The van der Waals surface area contributed by atoms with Crippen molar-refractivity contribution in [2.75, 3.05) is 0 Å². The molecule has 5 heteroatoms. The number of ether oxygens (including phenoxy) is 1. The van der Waals surface area contributed by atoms with E-state index in [2.05, 4.69) is 10.1 Å². The summed E-state index contributed by atoms with van der Waals surface area (Å²) in [5, 5.41) is 4.19. The van der Waals surface area contributed by atoms with Crippen molar-refractivity contribution in [2.24, 2.45) is 0 Å². The third-order valence-electron chi connectivity index (χ3n) is 3.07. The van der Waals surface area contributed by atoms with Crippen LogP contribution in [-0.4, -0.2) is 27.2 Å². The smallest absolute Gasteiger partial charge is 0.218 e. The second-order valence-corrected chi connectivity index (χ2v) is 4.32. The lowest BCUT2D eigenvalue weighted by molar-refractivity contribution is 0.111. The molecular formula is C13H13N3O2. The molecule has 0 aliphatic heterocycles. The Labute approximate surface area is 104 Å². The van der Waals surface area contributed by atoms with Gasteiger partial charge in [-0.3, -0.25) is 4.79 Å². The first kappa shape index (κ1) is 11.0. The van der Waals surface area contributed by atoms with Gasteiger partial charge in [0, 0.05) is 17.8 Å². The first-order valence-electron chi connectivity index (χ1n) is 5.99. The molecule has 0 amide bonds. The van der Waals surface area contributed by atoms with E-state index in [1.165, 1.54) is 12.6 Å². The summed E-state index contributed by atoms with van der Waals surface area (Å²) in [5.74, 6) is 1.35. The lowest BCUT2D eigenvalue weighted by Crippen LogP contribution is -2.25. The molecule has 2 aromatic rings. The van der Waals surface area contributed by atoms with Crippen molar-refractivity contribution in [1.29, 1.82) is 0 Å². The highest BCUT2D eigenvalue weighted by molar-refractivity contribution is 5.74. The molecule has 1 saturated carbocycles. The zero-order valence-electron chi connectivity index (χ0n) is 9.82. The van der Waals surface area contributed by atoms with Crippen molar-refractivity contribution in [1.82, 2.24) is 14.8 Å². The van der Waals surface area contributed by atoms with Crippen LogP contribution in [-0.2, 0) is 0 Å². The highest BCUT2D eigenvalue weighted by atomic mass is 16.5. The number of carbonyl (C=O) groups excluding carboxylic acids is 1. The quantitative estimate of drug-likeness (QED) is 0.771. The maximum atomic E-state index is 10.6. The molecule has 1 aliphatic rings.